The van der Waals surface area contributed by atoms with Crippen LogP contribution in [0.3, 0.4) is 0 Å². The fourth-order valence-corrected chi connectivity index (χ4v) is 9.47. The summed E-state index contributed by atoms with van der Waals surface area (Å²) < 4.78 is 2.48. The Bertz CT molecular complexity index is 3600. The van der Waals surface area contributed by atoms with Gasteiger partial charge in [-0.1, -0.05) is 170 Å². The van der Waals surface area contributed by atoms with Gasteiger partial charge in [0.15, 0.2) is 0 Å². The molecule has 0 bridgehead atoms. The minimum atomic E-state index is 1.09. The molecule has 2 heteroatoms. The number of hydrogen-bond donors (Lipinski definition) is 0. The summed E-state index contributed by atoms with van der Waals surface area (Å²) in [7, 11) is 0. The minimum absolute atomic E-state index is 1.09. The zero-order valence-electron chi connectivity index (χ0n) is 32.8. The Hall–Kier alpha value is -7.94. The van der Waals surface area contributed by atoms with Gasteiger partial charge in [0, 0.05) is 33.4 Å². The SMILES string of the molecule is c1ccc(-c2ccc(-c3cccc(N(c4ccccc4)c4ccc5ccc6c7ccccc7ccc6c5c4)c3)c(-n3c4ccccc4c4cc5ccccc5cc43)c2)cc1. The molecule has 0 amide bonds. The second kappa shape index (κ2) is 13.9. The quantitative estimate of drug-likeness (QED) is 0.153. The molecular formula is C58H38N2. The number of benzene rings is 11. The molecule has 11 aromatic carbocycles. The first-order valence-corrected chi connectivity index (χ1v) is 20.7. The Labute approximate surface area is 348 Å². The molecule has 0 unspecified atom stereocenters. The van der Waals surface area contributed by atoms with Crippen molar-refractivity contribution in [2.75, 3.05) is 4.90 Å². The van der Waals surface area contributed by atoms with Crippen LogP contribution >= 0.6 is 0 Å². The smallest absolute Gasteiger partial charge is 0.0547 e. The molecule has 280 valence electrons. The maximum absolute atomic E-state index is 2.48. The third kappa shape index (κ3) is 5.57. The largest absolute Gasteiger partial charge is 0.310 e. The zero-order chi connectivity index (χ0) is 39.6. The summed E-state index contributed by atoms with van der Waals surface area (Å²) in [5, 5.41) is 12.5. The standard InChI is InChI=1S/C58H38N2/c1-3-14-39(15-4-1)44-29-31-50(57(37-44)60-56-25-12-11-24-53(56)55-35-42-17-7-8-18-43(42)36-58(55)60)45-19-13-22-47(34-45)59(46-20-5-2-6-21-46)48-30-26-41-28-32-51-49-23-10-9-16-40(49)27-33-52(51)54(41)38-48/h1-38H. The number of anilines is 3. The van der Waals surface area contributed by atoms with Gasteiger partial charge in [-0.25, -0.2) is 0 Å². The van der Waals surface area contributed by atoms with Gasteiger partial charge in [-0.3, -0.25) is 0 Å². The van der Waals surface area contributed by atoms with Gasteiger partial charge in [0.2, 0.25) is 0 Å². The Balaban J connectivity index is 1.08. The molecule has 0 aliphatic heterocycles. The van der Waals surface area contributed by atoms with E-state index in [2.05, 4.69) is 240 Å². The highest BCUT2D eigenvalue weighted by atomic mass is 15.1. The lowest BCUT2D eigenvalue weighted by atomic mass is 9.96. The van der Waals surface area contributed by atoms with Crippen molar-refractivity contribution in [2.24, 2.45) is 0 Å². The second-order valence-electron chi connectivity index (χ2n) is 15.7. The first-order valence-electron chi connectivity index (χ1n) is 20.7. The predicted octanol–water partition coefficient (Wildman–Crippen LogP) is 16.2. The highest BCUT2D eigenvalue weighted by Gasteiger charge is 2.20. The van der Waals surface area contributed by atoms with Crippen molar-refractivity contribution in [3.63, 3.8) is 0 Å². The zero-order valence-corrected chi connectivity index (χ0v) is 32.8. The van der Waals surface area contributed by atoms with Crippen molar-refractivity contribution in [1.29, 1.82) is 0 Å². The van der Waals surface area contributed by atoms with Crippen molar-refractivity contribution >= 4 is 82.0 Å². The van der Waals surface area contributed by atoms with Gasteiger partial charge in [-0.05, 0) is 120 Å². The van der Waals surface area contributed by atoms with E-state index in [4.69, 9.17) is 0 Å². The topological polar surface area (TPSA) is 8.17 Å². The molecule has 0 radical (unpaired) electrons. The molecule has 0 aliphatic carbocycles. The van der Waals surface area contributed by atoms with E-state index >= 15 is 0 Å². The Morgan fingerprint density at radius 1 is 0.267 bits per heavy atom. The van der Waals surface area contributed by atoms with Crippen LogP contribution < -0.4 is 4.90 Å². The molecule has 0 N–H and O–H groups in total. The molecule has 0 aliphatic rings. The van der Waals surface area contributed by atoms with Crippen molar-refractivity contribution in [3.05, 3.63) is 231 Å². The van der Waals surface area contributed by atoms with Crippen LogP contribution in [0.4, 0.5) is 17.1 Å². The van der Waals surface area contributed by atoms with E-state index in [-0.39, 0.29) is 0 Å². The third-order valence-electron chi connectivity index (χ3n) is 12.3. The van der Waals surface area contributed by atoms with Crippen LogP contribution in [0.5, 0.6) is 0 Å². The van der Waals surface area contributed by atoms with Crippen molar-refractivity contribution in [1.82, 2.24) is 4.57 Å². The summed E-state index contributed by atoms with van der Waals surface area (Å²) in [5.41, 5.74) is 11.5. The summed E-state index contributed by atoms with van der Waals surface area (Å²) in [6.07, 6.45) is 0. The molecule has 0 spiro atoms. The van der Waals surface area contributed by atoms with Crippen LogP contribution in [0.1, 0.15) is 0 Å². The number of nitrogens with zero attached hydrogens (tertiary/aromatic N) is 2. The van der Waals surface area contributed by atoms with Gasteiger partial charge in [-0.15, -0.1) is 0 Å². The monoisotopic (exact) mass is 762 g/mol. The molecule has 1 heterocycles. The highest BCUT2D eigenvalue weighted by molar-refractivity contribution is 6.18. The van der Waals surface area contributed by atoms with Crippen LogP contribution in [0.2, 0.25) is 0 Å². The molecular weight excluding hydrogens is 725 g/mol. The first kappa shape index (κ1) is 34.1. The molecule has 12 aromatic rings. The Morgan fingerprint density at radius 2 is 0.867 bits per heavy atom. The predicted molar refractivity (Wildman–Crippen MR) is 256 cm³/mol. The summed E-state index contributed by atoms with van der Waals surface area (Å²) in [6, 6.07) is 84.4. The summed E-state index contributed by atoms with van der Waals surface area (Å²) >= 11 is 0. The van der Waals surface area contributed by atoms with Gasteiger partial charge in [0.05, 0.1) is 16.7 Å². The van der Waals surface area contributed by atoms with E-state index in [1.165, 1.54) is 76.0 Å². The maximum atomic E-state index is 2.48. The summed E-state index contributed by atoms with van der Waals surface area (Å²) in [4.78, 5) is 2.40. The van der Waals surface area contributed by atoms with Gasteiger partial charge in [0.25, 0.3) is 0 Å². The molecule has 0 saturated carbocycles. The molecule has 0 saturated heterocycles. The highest BCUT2D eigenvalue weighted by Crippen LogP contribution is 2.43. The fourth-order valence-electron chi connectivity index (χ4n) is 9.47. The van der Waals surface area contributed by atoms with E-state index < -0.39 is 0 Å². The molecule has 1 aromatic heterocycles. The van der Waals surface area contributed by atoms with Crippen LogP contribution in [-0.2, 0) is 0 Å². The lowest BCUT2D eigenvalue weighted by Crippen LogP contribution is -2.10. The maximum Gasteiger partial charge on any atom is 0.0547 e. The third-order valence-corrected chi connectivity index (χ3v) is 12.3. The minimum Gasteiger partial charge on any atom is -0.310 e. The molecule has 60 heavy (non-hydrogen) atoms. The number of aromatic nitrogens is 1. The van der Waals surface area contributed by atoms with Crippen LogP contribution in [0.15, 0.2) is 231 Å². The first-order chi connectivity index (χ1) is 29.7. The molecule has 0 fully saturated rings. The molecule has 0 atom stereocenters. The number of hydrogen-bond acceptors (Lipinski definition) is 1. The van der Waals surface area contributed by atoms with Gasteiger partial charge in [-0.2, -0.15) is 0 Å². The number of para-hydroxylation sites is 2. The van der Waals surface area contributed by atoms with Gasteiger partial charge in [0.1, 0.15) is 0 Å². The molecule has 12 rings (SSSR count). The van der Waals surface area contributed by atoms with E-state index in [1.807, 2.05) is 0 Å². The van der Waals surface area contributed by atoms with E-state index in [1.54, 1.807) is 0 Å². The van der Waals surface area contributed by atoms with E-state index in [9.17, 15) is 0 Å². The van der Waals surface area contributed by atoms with Gasteiger partial charge < -0.3 is 9.47 Å². The van der Waals surface area contributed by atoms with E-state index in [0.717, 1.165) is 33.9 Å². The number of fused-ring (bicyclic) bond motifs is 9. The Morgan fingerprint density at radius 3 is 1.68 bits per heavy atom. The van der Waals surface area contributed by atoms with Crippen molar-refractivity contribution in [2.45, 2.75) is 0 Å². The van der Waals surface area contributed by atoms with E-state index in [0.29, 0.717) is 0 Å². The average Bonchev–Trinajstić information content (AvgIpc) is 3.64. The van der Waals surface area contributed by atoms with Crippen molar-refractivity contribution < 1.29 is 0 Å². The normalized spacial score (nSPS) is 11.7. The van der Waals surface area contributed by atoms with Crippen LogP contribution in [0, 0.1) is 0 Å². The summed E-state index contributed by atoms with van der Waals surface area (Å²) in [5.74, 6) is 0. The average molecular weight is 763 g/mol. The van der Waals surface area contributed by atoms with Crippen LogP contribution in [-0.4, -0.2) is 4.57 Å². The lowest BCUT2D eigenvalue weighted by Gasteiger charge is -2.27. The van der Waals surface area contributed by atoms with Crippen LogP contribution in [0.25, 0.3) is 92.8 Å². The summed E-state index contributed by atoms with van der Waals surface area (Å²) in [6.45, 7) is 0. The van der Waals surface area contributed by atoms with Crippen molar-refractivity contribution in [3.8, 4) is 27.9 Å². The van der Waals surface area contributed by atoms with Gasteiger partial charge >= 0.3 is 0 Å². The lowest BCUT2D eigenvalue weighted by molar-refractivity contribution is 1.18. The Kier molecular flexibility index (Phi) is 7.89. The molecule has 2 nitrogen and oxygen atoms in total. The second-order valence-corrected chi connectivity index (χ2v) is 15.7. The number of rotatable bonds is 6. The fraction of sp³-hybridized carbons (Fsp3) is 0.